The van der Waals surface area contributed by atoms with Crippen LogP contribution in [0.15, 0.2) is 24.3 Å². The molecule has 0 bridgehead atoms. The number of nitrogens with one attached hydrogen (secondary N) is 2. The Morgan fingerprint density at radius 1 is 1.39 bits per heavy atom. The first kappa shape index (κ1) is 14.7. The van der Waals surface area contributed by atoms with E-state index in [0.29, 0.717) is 5.69 Å². The Balaban J connectivity index is 2.57. The van der Waals surface area contributed by atoms with E-state index in [9.17, 15) is 9.59 Å². The highest BCUT2D eigenvalue weighted by Crippen LogP contribution is 2.12. The molecular weight excluding hydrogens is 351 g/mol. The van der Waals surface area contributed by atoms with Crippen LogP contribution in [0.3, 0.4) is 0 Å². The van der Waals surface area contributed by atoms with Crippen molar-refractivity contribution in [2.75, 3.05) is 11.9 Å². The monoisotopic (exact) mass is 364 g/mol. The molecule has 0 aliphatic rings. The number of amides is 2. The van der Waals surface area contributed by atoms with Gasteiger partial charge in [-0.05, 0) is 40.8 Å². The zero-order valence-electron chi connectivity index (χ0n) is 9.39. The maximum atomic E-state index is 11.5. The minimum Gasteiger partial charge on any atom is -0.480 e. The third kappa shape index (κ3) is 4.88. The van der Waals surface area contributed by atoms with Gasteiger partial charge in [-0.2, -0.15) is 0 Å². The standard InChI is InChI=1S/C11H13IN2O4/c12-7-2-1-3-8(6-7)13-11(18)14-9(4-5-15)10(16)17/h1-3,6,9,15H,4-5H2,(H,16,17)(H2,13,14,18). The SMILES string of the molecule is O=C(Nc1cccc(I)c1)NC(CCO)C(=O)O. The van der Waals surface area contributed by atoms with Gasteiger partial charge in [0.15, 0.2) is 0 Å². The van der Waals surface area contributed by atoms with Crippen molar-refractivity contribution in [3.63, 3.8) is 0 Å². The number of anilines is 1. The van der Waals surface area contributed by atoms with E-state index in [0.717, 1.165) is 3.57 Å². The van der Waals surface area contributed by atoms with E-state index in [-0.39, 0.29) is 13.0 Å². The number of carboxylic acid groups (broad SMARTS) is 1. The number of urea groups is 1. The number of hydrogen-bond donors (Lipinski definition) is 4. The zero-order valence-corrected chi connectivity index (χ0v) is 11.5. The van der Waals surface area contributed by atoms with E-state index >= 15 is 0 Å². The van der Waals surface area contributed by atoms with Crippen molar-refractivity contribution in [1.82, 2.24) is 5.32 Å². The minimum atomic E-state index is -1.18. The highest BCUT2D eigenvalue weighted by atomic mass is 127. The Bertz CT molecular complexity index is 439. The van der Waals surface area contributed by atoms with Gasteiger partial charge in [0.1, 0.15) is 6.04 Å². The van der Waals surface area contributed by atoms with Gasteiger partial charge >= 0.3 is 12.0 Å². The van der Waals surface area contributed by atoms with Gasteiger partial charge in [0.25, 0.3) is 0 Å². The number of carbonyl (C=O) groups excluding carboxylic acids is 1. The number of rotatable bonds is 5. The average Bonchev–Trinajstić information content (AvgIpc) is 2.28. The zero-order chi connectivity index (χ0) is 13.5. The number of aliphatic carboxylic acids is 1. The molecule has 1 aromatic rings. The normalized spacial score (nSPS) is 11.7. The first-order chi connectivity index (χ1) is 8.52. The maximum absolute atomic E-state index is 11.5. The third-order valence-corrected chi connectivity index (χ3v) is 2.77. The second-order valence-electron chi connectivity index (χ2n) is 3.51. The summed E-state index contributed by atoms with van der Waals surface area (Å²) >= 11 is 2.10. The van der Waals surface area contributed by atoms with Crippen LogP contribution in [0.1, 0.15) is 6.42 Å². The maximum Gasteiger partial charge on any atom is 0.326 e. The Morgan fingerprint density at radius 2 is 2.11 bits per heavy atom. The highest BCUT2D eigenvalue weighted by molar-refractivity contribution is 14.1. The Kier molecular flexibility index (Phi) is 5.86. The molecule has 0 aliphatic heterocycles. The van der Waals surface area contributed by atoms with Gasteiger partial charge in [0.2, 0.25) is 0 Å². The molecule has 0 fully saturated rings. The number of hydrogen-bond acceptors (Lipinski definition) is 3. The lowest BCUT2D eigenvalue weighted by Crippen LogP contribution is -2.43. The molecule has 1 atom stereocenters. The predicted octanol–water partition coefficient (Wildman–Crippen LogP) is 1.25. The fourth-order valence-corrected chi connectivity index (χ4v) is 1.82. The molecule has 0 saturated carbocycles. The second kappa shape index (κ2) is 7.17. The van der Waals surface area contributed by atoms with Crippen LogP contribution >= 0.6 is 22.6 Å². The summed E-state index contributed by atoms with van der Waals surface area (Å²) < 4.78 is 0.954. The summed E-state index contributed by atoms with van der Waals surface area (Å²) in [5.74, 6) is -1.18. The summed E-state index contributed by atoms with van der Waals surface area (Å²) in [7, 11) is 0. The molecule has 18 heavy (non-hydrogen) atoms. The van der Waals surface area contributed by atoms with Crippen molar-refractivity contribution < 1.29 is 19.8 Å². The van der Waals surface area contributed by atoms with Crippen LogP contribution in [0, 0.1) is 3.57 Å². The molecule has 1 rings (SSSR count). The van der Waals surface area contributed by atoms with Crippen LogP contribution in [0.4, 0.5) is 10.5 Å². The average molecular weight is 364 g/mol. The van der Waals surface area contributed by atoms with Gasteiger partial charge in [-0.15, -0.1) is 0 Å². The third-order valence-electron chi connectivity index (χ3n) is 2.10. The van der Waals surface area contributed by atoms with Crippen LogP contribution in [0.25, 0.3) is 0 Å². The second-order valence-corrected chi connectivity index (χ2v) is 4.76. The molecule has 1 aromatic carbocycles. The van der Waals surface area contributed by atoms with Gasteiger partial charge in [-0.25, -0.2) is 9.59 Å². The molecule has 2 amide bonds. The van der Waals surface area contributed by atoms with Crippen molar-refractivity contribution in [2.45, 2.75) is 12.5 Å². The molecule has 98 valence electrons. The van der Waals surface area contributed by atoms with Gasteiger partial charge in [0, 0.05) is 22.3 Å². The first-order valence-electron chi connectivity index (χ1n) is 5.19. The molecule has 0 aromatic heterocycles. The van der Waals surface area contributed by atoms with Crippen molar-refractivity contribution in [3.05, 3.63) is 27.8 Å². The molecule has 0 aliphatic carbocycles. The first-order valence-corrected chi connectivity index (χ1v) is 6.27. The fourth-order valence-electron chi connectivity index (χ4n) is 1.28. The summed E-state index contributed by atoms with van der Waals surface area (Å²) in [4.78, 5) is 22.3. The number of halogens is 1. The number of aliphatic hydroxyl groups excluding tert-OH is 1. The lowest BCUT2D eigenvalue weighted by Gasteiger charge is -2.14. The van der Waals surface area contributed by atoms with Crippen LogP contribution in [0.2, 0.25) is 0 Å². The molecule has 0 saturated heterocycles. The lowest BCUT2D eigenvalue weighted by molar-refractivity contribution is -0.139. The van der Waals surface area contributed by atoms with Gasteiger partial charge in [-0.3, -0.25) is 0 Å². The van der Waals surface area contributed by atoms with E-state index in [2.05, 4.69) is 33.2 Å². The topological polar surface area (TPSA) is 98.7 Å². The van der Waals surface area contributed by atoms with Crippen molar-refractivity contribution in [2.24, 2.45) is 0 Å². The molecular formula is C11H13IN2O4. The van der Waals surface area contributed by atoms with Crippen molar-refractivity contribution in [3.8, 4) is 0 Å². The number of carboxylic acids is 1. The molecule has 0 heterocycles. The van der Waals surface area contributed by atoms with Gasteiger partial charge < -0.3 is 20.8 Å². The van der Waals surface area contributed by atoms with E-state index in [1.165, 1.54) is 0 Å². The quantitative estimate of drug-likeness (QED) is 0.591. The highest BCUT2D eigenvalue weighted by Gasteiger charge is 2.18. The number of aliphatic hydroxyl groups is 1. The molecule has 1 unspecified atom stereocenters. The van der Waals surface area contributed by atoms with Gasteiger partial charge in [0.05, 0.1) is 0 Å². The summed E-state index contributed by atoms with van der Waals surface area (Å²) in [5, 5.41) is 22.3. The predicted molar refractivity (Wildman–Crippen MR) is 74.4 cm³/mol. The smallest absolute Gasteiger partial charge is 0.326 e. The van der Waals surface area contributed by atoms with E-state index < -0.39 is 18.0 Å². The molecule has 6 nitrogen and oxygen atoms in total. The van der Waals surface area contributed by atoms with Gasteiger partial charge in [-0.1, -0.05) is 6.07 Å². The van der Waals surface area contributed by atoms with Crippen molar-refractivity contribution in [1.29, 1.82) is 0 Å². The van der Waals surface area contributed by atoms with E-state index in [4.69, 9.17) is 10.2 Å². The Labute approximate surface area is 118 Å². The van der Waals surface area contributed by atoms with Crippen LogP contribution in [-0.2, 0) is 4.79 Å². The van der Waals surface area contributed by atoms with Crippen LogP contribution in [-0.4, -0.2) is 34.9 Å². The van der Waals surface area contributed by atoms with Crippen LogP contribution in [0.5, 0.6) is 0 Å². The minimum absolute atomic E-state index is 0.0327. The molecule has 0 radical (unpaired) electrons. The molecule has 0 spiro atoms. The summed E-state index contributed by atoms with van der Waals surface area (Å²) in [6.45, 7) is -0.305. The van der Waals surface area contributed by atoms with Crippen LogP contribution < -0.4 is 10.6 Å². The van der Waals surface area contributed by atoms with E-state index in [1.807, 2.05) is 6.07 Å². The molecule has 4 N–H and O–H groups in total. The number of carbonyl (C=O) groups is 2. The summed E-state index contributed by atoms with van der Waals surface area (Å²) in [5.41, 5.74) is 0.576. The fraction of sp³-hybridized carbons (Fsp3) is 0.273. The lowest BCUT2D eigenvalue weighted by atomic mass is 10.2. The molecule has 7 heteroatoms. The van der Waals surface area contributed by atoms with Crippen molar-refractivity contribution >= 4 is 40.3 Å². The summed E-state index contributed by atoms with van der Waals surface area (Å²) in [6, 6.07) is 5.39. The Hall–Kier alpha value is -1.35. The van der Waals surface area contributed by atoms with E-state index in [1.54, 1.807) is 18.2 Å². The summed E-state index contributed by atoms with van der Waals surface area (Å²) in [6.07, 6.45) is -0.0327. The largest absolute Gasteiger partial charge is 0.480 e. The number of benzene rings is 1. The Morgan fingerprint density at radius 3 is 2.67 bits per heavy atom.